The van der Waals surface area contributed by atoms with Crippen molar-refractivity contribution in [1.82, 2.24) is 10.2 Å². The van der Waals surface area contributed by atoms with E-state index in [1.165, 1.54) is 43.2 Å². The standard InChI is InChI=1S/C17H23N3O3S/c1-12(24-16-6-4-15(5-7-16)20(22)23)17(21)18-10-13-8-9-19(11-13)14-2-3-14/h4-7,12-14H,2-3,8-11H2,1H3,(H,18,21)/t12-,13-/m1/s1. The van der Waals surface area contributed by atoms with Gasteiger partial charge in [0.25, 0.3) is 5.69 Å². The van der Waals surface area contributed by atoms with Gasteiger partial charge in [-0.2, -0.15) is 0 Å². The number of hydrogen-bond donors (Lipinski definition) is 1. The van der Waals surface area contributed by atoms with Crippen molar-refractivity contribution < 1.29 is 9.72 Å². The van der Waals surface area contributed by atoms with Gasteiger partial charge in [-0.15, -0.1) is 11.8 Å². The third-order valence-electron chi connectivity index (χ3n) is 4.68. The predicted molar refractivity (Wildman–Crippen MR) is 94.1 cm³/mol. The molecule has 1 N–H and O–H groups in total. The minimum atomic E-state index is -0.420. The highest BCUT2D eigenvalue weighted by molar-refractivity contribution is 8.00. The molecule has 24 heavy (non-hydrogen) atoms. The molecule has 0 aromatic heterocycles. The Hall–Kier alpha value is -1.60. The van der Waals surface area contributed by atoms with Gasteiger partial charge in [0.1, 0.15) is 0 Å². The summed E-state index contributed by atoms with van der Waals surface area (Å²) < 4.78 is 0. The fourth-order valence-corrected chi connectivity index (χ4v) is 3.99. The van der Waals surface area contributed by atoms with E-state index in [0.29, 0.717) is 5.92 Å². The molecule has 1 aliphatic heterocycles. The third kappa shape index (κ3) is 4.48. The summed E-state index contributed by atoms with van der Waals surface area (Å²) in [5.74, 6) is 0.592. The van der Waals surface area contributed by atoms with Crippen molar-refractivity contribution in [3.8, 4) is 0 Å². The Morgan fingerprint density at radius 2 is 2.08 bits per heavy atom. The molecule has 0 unspecified atom stereocenters. The molecule has 3 rings (SSSR count). The van der Waals surface area contributed by atoms with Crippen LogP contribution < -0.4 is 5.32 Å². The van der Waals surface area contributed by atoms with Crippen LogP contribution >= 0.6 is 11.8 Å². The van der Waals surface area contributed by atoms with Crippen molar-refractivity contribution in [2.75, 3.05) is 19.6 Å². The van der Waals surface area contributed by atoms with E-state index in [-0.39, 0.29) is 16.8 Å². The number of carbonyl (C=O) groups is 1. The van der Waals surface area contributed by atoms with Gasteiger partial charge in [0, 0.05) is 36.2 Å². The fraction of sp³-hybridized carbons (Fsp3) is 0.588. The van der Waals surface area contributed by atoms with Crippen LogP contribution in [-0.2, 0) is 4.79 Å². The molecule has 2 atom stereocenters. The molecule has 1 amide bonds. The number of hydrogen-bond acceptors (Lipinski definition) is 5. The Morgan fingerprint density at radius 3 is 2.71 bits per heavy atom. The highest BCUT2D eigenvalue weighted by Crippen LogP contribution is 2.31. The second-order valence-corrected chi connectivity index (χ2v) is 8.05. The Kier molecular flexibility index (Phi) is 5.40. The number of nitrogens with zero attached hydrogens (tertiary/aromatic N) is 2. The normalized spacial score (nSPS) is 22.3. The van der Waals surface area contributed by atoms with Crippen molar-refractivity contribution in [3.05, 3.63) is 34.4 Å². The summed E-state index contributed by atoms with van der Waals surface area (Å²) in [6, 6.07) is 7.13. The Labute approximate surface area is 146 Å². The van der Waals surface area contributed by atoms with E-state index in [1.807, 2.05) is 6.92 Å². The molecule has 0 bridgehead atoms. The van der Waals surface area contributed by atoms with E-state index in [4.69, 9.17) is 0 Å². The quantitative estimate of drug-likeness (QED) is 0.465. The van der Waals surface area contributed by atoms with Gasteiger partial charge in [-0.25, -0.2) is 0 Å². The zero-order chi connectivity index (χ0) is 17.1. The molecule has 1 aromatic rings. The maximum absolute atomic E-state index is 12.3. The molecule has 2 fully saturated rings. The first kappa shape index (κ1) is 17.2. The first-order valence-corrected chi connectivity index (χ1v) is 9.34. The minimum absolute atomic E-state index is 0.0308. The number of benzene rings is 1. The predicted octanol–water partition coefficient (Wildman–Crippen LogP) is 2.68. The smallest absolute Gasteiger partial charge is 0.269 e. The van der Waals surface area contributed by atoms with E-state index in [9.17, 15) is 14.9 Å². The average Bonchev–Trinajstić information content (AvgIpc) is 3.31. The topological polar surface area (TPSA) is 75.5 Å². The largest absolute Gasteiger partial charge is 0.355 e. The third-order valence-corrected chi connectivity index (χ3v) is 5.79. The molecule has 1 aliphatic carbocycles. The number of nitro groups is 1. The van der Waals surface area contributed by atoms with E-state index >= 15 is 0 Å². The van der Waals surface area contributed by atoms with Gasteiger partial charge >= 0.3 is 0 Å². The zero-order valence-electron chi connectivity index (χ0n) is 13.8. The second-order valence-electron chi connectivity index (χ2n) is 6.64. The van der Waals surface area contributed by atoms with Crippen molar-refractivity contribution in [2.24, 2.45) is 5.92 Å². The minimum Gasteiger partial charge on any atom is -0.355 e. The summed E-state index contributed by atoms with van der Waals surface area (Å²) in [7, 11) is 0. The van der Waals surface area contributed by atoms with Crippen LogP contribution in [0.3, 0.4) is 0 Å². The molecule has 2 aliphatic rings. The maximum Gasteiger partial charge on any atom is 0.269 e. The SMILES string of the molecule is C[C@@H](Sc1ccc([N+](=O)[O-])cc1)C(=O)NC[C@H]1CCN(C2CC2)C1. The number of amides is 1. The van der Waals surface area contributed by atoms with E-state index in [1.54, 1.807) is 12.1 Å². The van der Waals surface area contributed by atoms with Crippen LogP contribution in [-0.4, -0.2) is 46.7 Å². The summed E-state index contributed by atoms with van der Waals surface area (Å²) in [4.78, 5) is 25.9. The van der Waals surface area contributed by atoms with Crippen LogP contribution in [0.15, 0.2) is 29.2 Å². The maximum atomic E-state index is 12.3. The molecule has 1 aromatic carbocycles. The van der Waals surface area contributed by atoms with Crippen LogP contribution in [0.2, 0.25) is 0 Å². The first-order valence-electron chi connectivity index (χ1n) is 8.46. The molecule has 0 spiro atoms. The van der Waals surface area contributed by atoms with E-state index in [0.717, 1.165) is 30.6 Å². The first-order chi connectivity index (χ1) is 11.5. The summed E-state index contributed by atoms with van der Waals surface area (Å²) in [6.07, 6.45) is 3.84. The van der Waals surface area contributed by atoms with Crippen molar-refractivity contribution in [2.45, 2.75) is 42.4 Å². The molecule has 1 saturated heterocycles. The molecule has 1 saturated carbocycles. The Bertz CT molecular complexity index is 604. The van der Waals surface area contributed by atoms with Crippen LogP contribution in [0.4, 0.5) is 5.69 Å². The summed E-state index contributed by atoms with van der Waals surface area (Å²) in [6.45, 7) is 4.88. The Morgan fingerprint density at radius 1 is 1.38 bits per heavy atom. The average molecular weight is 349 g/mol. The van der Waals surface area contributed by atoms with E-state index < -0.39 is 4.92 Å². The van der Waals surface area contributed by atoms with Crippen LogP contribution in [0, 0.1) is 16.0 Å². The lowest BCUT2D eigenvalue weighted by Crippen LogP contribution is -2.35. The van der Waals surface area contributed by atoms with Gasteiger partial charge < -0.3 is 10.2 Å². The Balaban J connectivity index is 1.42. The van der Waals surface area contributed by atoms with Gasteiger partial charge in [0.15, 0.2) is 0 Å². The fourth-order valence-electron chi connectivity index (χ4n) is 3.09. The summed E-state index contributed by atoms with van der Waals surface area (Å²) >= 11 is 1.42. The lowest BCUT2D eigenvalue weighted by molar-refractivity contribution is -0.384. The van der Waals surface area contributed by atoms with Crippen molar-refractivity contribution >= 4 is 23.4 Å². The number of likely N-dealkylation sites (tertiary alicyclic amines) is 1. The molecule has 130 valence electrons. The van der Waals surface area contributed by atoms with Crippen LogP contribution in [0.25, 0.3) is 0 Å². The lowest BCUT2D eigenvalue weighted by atomic mass is 10.1. The molecule has 6 nitrogen and oxygen atoms in total. The van der Waals surface area contributed by atoms with Gasteiger partial charge in [-0.1, -0.05) is 0 Å². The lowest BCUT2D eigenvalue weighted by Gasteiger charge is -2.16. The monoisotopic (exact) mass is 349 g/mol. The number of non-ortho nitro benzene ring substituents is 1. The zero-order valence-corrected chi connectivity index (χ0v) is 14.6. The second kappa shape index (κ2) is 7.53. The summed E-state index contributed by atoms with van der Waals surface area (Å²) in [5, 5.41) is 13.5. The number of thioether (sulfide) groups is 1. The van der Waals surface area contributed by atoms with Gasteiger partial charge in [-0.05, 0) is 50.8 Å². The highest BCUT2D eigenvalue weighted by Gasteiger charge is 2.34. The van der Waals surface area contributed by atoms with Crippen molar-refractivity contribution in [3.63, 3.8) is 0 Å². The molecular weight excluding hydrogens is 326 g/mol. The van der Waals surface area contributed by atoms with Crippen molar-refractivity contribution in [1.29, 1.82) is 0 Å². The number of rotatable bonds is 7. The number of carbonyl (C=O) groups excluding carboxylic acids is 1. The molecule has 1 heterocycles. The van der Waals surface area contributed by atoms with Crippen LogP contribution in [0.1, 0.15) is 26.2 Å². The van der Waals surface area contributed by atoms with E-state index in [2.05, 4.69) is 10.2 Å². The van der Waals surface area contributed by atoms with Gasteiger partial charge in [0.05, 0.1) is 10.2 Å². The molecule has 0 radical (unpaired) electrons. The van der Waals surface area contributed by atoms with Crippen LogP contribution in [0.5, 0.6) is 0 Å². The van der Waals surface area contributed by atoms with Gasteiger partial charge in [0.2, 0.25) is 5.91 Å². The van der Waals surface area contributed by atoms with Gasteiger partial charge in [-0.3, -0.25) is 14.9 Å². The highest BCUT2D eigenvalue weighted by atomic mass is 32.2. The molecular formula is C17H23N3O3S. The number of nitrogens with one attached hydrogen (secondary N) is 1. The number of nitro benzene ring substituents is 1. The molecule has 7 heteroatoms. The summed E-state index contributed by atoms with van der Waals surface area (Å²) in [5.41, 5.74) is 0.0675.